The van der Waals surface area contributed by atoms with Crippen molar-refractivity contribution in [3.8, 4) is 0 Å². The van der Waals surface area contributed by atoms with Crippen molar-refractivity contribution < 1.29 is 28.8 Å². The SMILES string of the molecule is CCCCCCCC/C=C/CCCCCCCC(=O)N[C@@H](COP(=O)(O)O)[C@H](O)CCCCCCCCCCCCC. The number of aliphatic hydroxyl groups excluding tert-OH is 1. The average Bonchev–Trinajstić information content (AvgIpc) is 2.95. The Hall–Kier alpha value is -0.720. The van der Waals surface area contributed by atoms with E-state index < -0.39 is 26.6 Å². The molecule has 8 heteroatoms. The van der Waals surface area contributed by atoms with E-state index in [1.807, 2.05) is 0 Å². The van der Waals surface area contributed by atoms with E-state index >= 15 is 0 Å². The van der Waals surface area contributed by atoms with E-state index in [4.69, 9.17) is 9.79 Å². The van der Waals surface area contributed by atoms with Gasteiger partial charge in [-0.15, -0.1) is 0 Å². The van der Waals surface area contributed by atoms with E-state index in [2.05, 4.69) is 35.8 Å². The van der Waals surface area contributed by atoms with Crippen LogP contribution in [0.1, 0.15) is 181 Å². The number of phosphoric ester groups is 1. The monoisotopic (exact) mass is 617 g/mol. The Morgan fingerprint density at radius 3 is 1.52 bits per heavy atom. The topological polar surface area (TPSA) is 116 Å². The fraction of sp³-hybridized carbons (Fsp3) is 0.912. The fourth-order valence-corrected chi connectivity index (χ4v) is 5.64. The third-order valence-electron chi connectivity index (χ3n) is 8.00. The van der Waals surface area contributed by atoms with Crippen molar-refractivity contribution in [1.82, 2.24) is 5.32 Å². The van der Waals surface area contributed by atoms with Crippen molar-refractivity contribution in [2.24, 2.45) is 0 Å². The normalized spacial score (nSPS) is 13.5. The van der Waals surface area contributed by atoms with Crippen LogP contribution in [0.15, 0.2) is 12.2 Å². The van der Waals surface area contributed by atoms with Gasteiger partial charge in [-0.3, -0.25) is 9.32 Å². The Bertz CT molecular complexity index is 668. The first kappa shape index (κ1) is 41.3. The standard InChI is InChI=1S/C34H68NO6P/c1-3-5-7-9-11-13-15-16-17-18-20-22-24-26-28-30-34(37)35-32(31-41-42(38,39)40)33(36)29-27-25-23-21-19-14-12-10-8-6-4-2/h16-17,32-33,36H,3-15,18-31H2,1-2H3,(H,35,37)(H2,38,39,40)/b17-16+/t32-,33+/m0/s1. The zero-order valence-electron chi connectivity index (χ0n) is 27.4. The van der Waals surface area contributed by atoms with Crippen molar-refractivity contribution in [3.63, 3.8) is 0 Å². The summed E-state index contributed by atoms with van der Waals surface area (Å²) < 4.78 is 15.8. The molecule has 0 rings (SSSR count). The summed E-state index contributed by atoms with van der Waals surface area (Å²) >= 11 is 0. The Balaban J connectivity index is 4.01. The second kappa shape index (κ2) is 30.3. The number of aliphatic hydroxyl groups is 1. The van der Waals surface area contributed by atoms with Gasteiger partial charge in [-0.25, -0.2) is 4.57 Å². The lowest BCUT2D eigenvalue weighted by Gasteiger charge is -2.24. The van der Waals surface area contributed by atoms with Gasteiger partial charge in [-0.1, -0.05) is 148 Å². The highest BCUT2D eigenvalue weighted by Crippen LogP contribution is 2.36. The molecule has 0 radical (unpaired) electrons. The molecular weight excluding hydrogens is 549 g/mol. The average molecular weight is 618 g/mol. The largest absolute Gasteiger partial charge is 0.469 e. The van der Waals surface area contributed by atoms with Crippen molar-refractivity contribution >= 4 is 13.7 Å². The van der Waals surface area contributed by atoms with E-state index in [1.165, 1.54) is 103 Å². The minimum Gasteiger partial charge on any atom is -0.391 e. The maximum absolute atomic E-state index is 12.5. The number of phosphoric acid groups is 1. The summed E-state index contributed by atoms with van der Waals surface area (Å²) in [5.74, 6) is -0.204. The summed E-state index contributed by atoms with van der Waals surface area (Å²) in [4.78, 5) is 30.7. The fourth-order valence-electron chi connectivity index (χ4n) is 5.28. The van der Waals surface area contributed by atoms with E-state index in [0.29, 0.717) is 12.8 Å². The molecule has 1 amide bonds. The van der Waals surface area contributed by atoms with Crippen molar-refractivity contribution in [1.29, 1.82) is 0 Å². The molecule has 0 saturated carbocycles. The van der Waals surface area contributed by atoms with E-state index in [9.17, 15) is 14.5 Å². The predicted molar refractivity (Wildman–Crippen MR) is 176 cm³/mol. The molecule has 0 aromatic heterocycles. The van der Waals surface area contributed by atoms with Crippen LogP contribution in [0.2, 0.25) is 0 Å². The zero-order chi connectivity index (χ0) is 31.2. The molecule has 250 valence electrons. The van der Waals surface area contributed by atoms with Gasteiger partial charge in [0.25, 0.3) is 0 Å². The first-order valence-corrected chi connectivity index (χ1v) is 19.2. The van der Waals surface area contributed by atoms with Crippen LogP contribution in [-0.2, 0) is 13.9 Å². The van der Waals surface area contributed by atoms with Crippen LogP contribution >= 0.6 is 7.82 Å². The molecule has 0 unspecified atom stereocenters. The van der Waals surface area contributed by atoms with Crippen LogP contribution < -0.4 is 5.32 Å². The maximum Gasteiger partial charge on any atom is 0.469 e. The summed E-state index contributed by atoms with van der Waals surface area (Å²) in [6, 6.07) is -0.823. The highest BCUT2D eigenvalue weighted by Gasteiger charge is 2.25. The summed E-state index contributed by atoms with van der Waals surface area (Å²) in [6.45, 7) is 4.08. The van der Waals surface area contributed by atoms with Gasteiger partial charge in [0.1, 0.15) is 0 Å². The maximum atomic E-state index is 12.5. The number of nitrogens with one attached hydrogen (secondary N) is 1. The van der Waals surface area contributed by atoms with Gasteiger partial charge in [-0.05, 0) is 38.5 Å². The number of unbranched alkanes of at least 4 members (excludes halogenated alkanes) is 21. The number of carbonyl (C=O) groups excluding carboxylic acids is 1. The Kier molecular flexibility index (Phi) is 29.8. The van der Waals surface area contributed by atoms with Crippen molar-refractivity contribution in [3.05, 3.63) is 12.2 Å². The lowest BCUT2D eigenvalue weighted by molar-refractivity contribution is -0.123. The van der Waals surface area contributed by atoms with Gasteiger partial charge in [0.15, 0.2) is 0 Å². The van der Waals surface area contributed by atoms with E-state index in [-0.39, 0.29) is 5.91 Å². The van der Waals surface area contributed by atoms with Crippen LogP contribution in [0.3, 0.4) is 0 Å². The second-order valence-corrected chi connectivity index (χ2v) is 13.4. The minimum absolute atomic E-state index is 0.204. The smallest absolute Gasteiger partial charge is 0.391 e. The molecule has 0 bridgehead atoms. The number of hydrogen-bond acceptors (Lipinski definition) is 4. The van der Waals surface area contributed by atoms with Gasteiger partial charge in [0, 0.05) is 6.42 Å². The number of rotatable bonds is 32. The number of amides is 1. The lowest BCUT2D eigenvalue weighted by atomic mass is 10.0. The molecular formula is C34H68NO6P. The number of hydrogen-bond donors (Lipinski definition) is 4. The second-order valence-electron chi connectivity index (χ2n) is 12.2. The van der Waals surface area contributed by atoms with Gasteiger partial charge >= 0.3 is 7.82 Å². The van der Waals surface area contributed by atoms with Gasteiger partial charge in [0.2, 0.25) is 5.91 Å². The molecule has 0 heterocycles. The van der Waals surface area contributed by atoms with Gasteiger partial charge < -0.3 is 20.2 Å². The highest BCUT2D eigenvalue weighted by molar-refractivity contribution is 7.46. The molecule has 4 N–H and O–H groups in total. The van der Waals surface area contributed by atoms with Crippen LogP contribution in [-0.4, -0.2) is 39.6 Å². The first-order valence-electron chi connectivity index (χ1n) is 17.6. The molecule has 0 spiro atoms. The summed E-state index contributed by atoms with van der Waals surface area (Å²) in [5, 5.41) is 13.4. The molecule has 2 atom stereocenters. The molecule has 0 aromatic carbocycles. The molecule has 0 aliphatic heterocycles. The van der Waals surface area contributed by atoms with Crippen molar-refractivity contribution in [2.45, 2.75) is 193 Å². The number of allylic oxidation sites excluding steroid dienone is 2. The highest BCUT2D eigenvalue weighted by atomic mass is 31.2. The third kappa shape index (κ3) is 30.7. The van der Waals surface area contributed by atoms with Crippen LogP contribution in [0.5, 0.6) is 0 Å². The minimum atomic E-state index is -4.68. The molecule has 0 fully saturated rings. The summed E-state index contributed by atoms with van der Waals surface area (Å²) in [7, 11) is -4.68. The van der Waals surface area contributed by atoms with Gasteiger partial charge in [-0.2, -0.15) is 0 Å². The summed E-state index contributed by atoms with van der Waals surface area (Å²) in [5.41, 5.74) is 0. The zero-order valence-corrected chi connectivity index (χ0v) is 28.3. The van der Waals surface area contributed by atoms with Gasteiger partial charge in [0.05, 0.1) is 18.8 Å². The van der Waals surface area contributed by atoms with Crippen LogP contribution in [0.25, 0.3) is 0 Å². The molecule has 0 aliphatic carbocycles. The molecule has 42 heavy (non-hydrogen) atoms. The third-order valence-corrected chi connectivity index (χ3v) is 8.49. The molecule has 0 aliphatic rings. The molecule has 0 saturated heterocycles. The van der Waals surface area contributed by atoms with Crippen LogP contribution in [0, 0.1) is 0 Å². The lowest BCUT2D eigenvalue weighted by Crippen LogP contribution is -2.46. The predicted octanol–water partition coefficient (Wildman–Crippen LogP) is 9.68. The Labute approximate surface area is 259 Å². The summed E-state index contributed by atoms with van der Waals surface area (Å²) in [6.07, 6.45) is 33.3. The Morgan fingerprint density at radius 1 is 0.667 bits per heavy atom. The van der Waals surface area contributed by atoms with Crippen LogP contribution in [0.4, 0.5) is 0 Å². The molecule has 0 aromatic rings. The molecule has 7 nitrogen and oxygen atoms in total. The van der Waals surface area contributed by atoms with E-state index in [0.717, 1.165) is 51.4 Å². The number of carbonyl (C=O) groups is 1. The Morgan fingerprint density at radius 2 is 1.07 bits per heavy atom. The van der Waals surface area contributed by atoms with Crippen molar-refractivity contribution in [2.75, 3.05) is 6.61 Å². The quantitative estimate of drug-likeness (QED) is 0.0339. The van der Waals surface area contributed by atoms with E-state index in [1.54, 1.807) is 0 Å². The first-order chi connectivity index (χ1) is 20.3.